The van der Waals surface area contributed by atoms with Crippen LogP contribution in [0.2, 0.25) is 10.2 Å². The van der Waals surface area contributed by atoms with E-state index < -0.39 is 23.4 Å². The summed E-state index contributed by atoms with van der Waals surface area (Å²) in [4.78, 5) is 30.6. The van der Waals surface area contributed by atoms with Gasteiger partial charge in [0.1, 0.15) is 16.7 Å². The van der Waals surface area contributed by atoms with Crippen LogP contribution in [-0.4, -0.2) is 41.1 Å². The van der Waals surface area contributed by atoms with Crippen molar-refractivity contribution in [3.05, 3.63) is 69.0 Å². The summed E-state index contributed by atoms with van der Waals surface area (Å²) in [7, 11) is 3.60. The molecule has 0 fully saturated rings. The molecule has 0 atom stereocenters. The van der Waals surface area contributed by atoms with Crippen LogP contribution in [0.1, 0.15) is 26.4 Å². The van der Waals surface area contributed by atoms with Crippen molar-refractivity contribution < 1.29 is 18.4 Å². The molecule has 2 aromatic heterocycles. The maximum Gasteiger partial charge on any atom is 0.269 e. The van der Waals surface area contributed by atoms with E-state index in [4.69, 9.17) is 23.2 Å². The van der Waals surface area contributed by atoms with E-state index in [9.17, 15) is 18.4 Å². The molecule has 33 heavy (non-hydrogen) atoms. The summed E-state index contributed by atoms with van der Waals surface area (Å²) in [5.41, 5.74) is 0.532. The third kappa shape index (κ3) is 6.91. The number of H-pyrrole nitrogens is 1. The zero-order valence-electron chi connectivity index (χ0n) is 17.1. The number of carbonyl (C=O) groups is 2. The smallest absolute Gasteiger partial charge is 0.269 e. The molecular formula is C19H18Cl4F2N6O2. The topological polar surface area (TPSA) is 103 Å². The van der Waals surface area contributed by atoms with Crippen LogP contribution in [-0.2, 0) is 6.54 Å². The Kier molecular flexibility index (Phi) is 10.3. The van der Waals surface area contributed by atoms with Crippen LogP contribution >= 0.6 is 48.0 Å². The fourth-order valence-electron chi connectivity index (χ4n) is 2.63. The second-order valence-corrected chi connectivity index (χ2v) is 7.36. The van der Waals surface area contributed by atoms with Crippen molar-refractivity contribution in [1.29, 1.82) is 0 Å². The number of hydrogen-bond acceptors (Lipinski definition) is 5. The first-order valence-corrected chi connectivity index (χ1v) is 9.53. The van der Waals surface area contributed by atoms with Crippen LogP contribution in [0.15, 0.2) is 30.3 Å². The molecule has 0 bridgehead atoms. The highest BCUT2D eigenvalue weighted by Crippen LogP contribution is 2.22. The number of carbonyl (C=O) groups excluding carboxylic acids is 2. The second kappa shape index (κ2) is 12.0. The maximum atomic E-state index is 13.4. The molecule has 8 nitrogen and oxygen atoms in total. The van der Waals surface area contributed by atoms with E-state index in [1.807, 2.05) is 0 Å². The summed E-state index contributed by atoms with van der Waals surface area (Å²) < 4.78 is 26.6. The number of anilines is 2. The number of nitrogens with one attached hydrogen (secondary N) is 3. The Hall–Kier alpha value is -2.66. The van der Waals surface area contributed by atoms with Crippen molar-refractivity contribution in [1.82, 2.24) is 20.5 Å². The molecule has 0 aliphatic carbocycles. The molecular weight excluding hydrogens is 524 g/mol. The number of benzene rings is 1. The summed E-state index contributed by atoms with van der Waals surface area (Å²) in [6.45, 7) is 0.168. The van der Waals surface area contributed by atoms with Crippen molar-refractivity contribution in [2.24, 2.45) is 0 Å². The standard InChI is InChI=1S/C19H16Cl2F2N6O2.2ClH/c1-29(2)17-9(3-4-15(21)25-17)8-24-19(31)14-7-16(28-27-14)26-18(30)10-5-12(22)13(23)6-11(10)20;;/h3-7H,8H2,1-2H3,(H,24,31)(H2,26,27,28,30);2*1H. The van der Waals surface area contributed by atoms with Crippen molar-refractivity contribution in [2.45, 2.75) is 6.54 Å². The van der Waals surface area contributed by atoms with Gasteiger partial charge in [-0.25, -0.2) is 13.8 Å². The van der Waals surface area contributed by atoms with Crippen molar-refractivity contribution in [3.8, 4) is 0 Å². The molecule has 3 rings (SSSR count). The molecule has 2 amide bonds. The van der Waals surface area contributed by atoms with Crippen LogP contribution < -0.4 is 15.5 Å². The van der Waals surface area contributed by atoms with Crippen LogP contribution in [0.3, 0.4) is 0 Å². The molecule has 3 aromatic rings. The fourth-order valence-corrected chi connectivity index (χ4v) is 3.01. The van der Waals surface area contributed by atoms with Gasteiger partial charge in [-0.05, 0) is 18.2 Å². The van der Waals surface area contributed by atoms with E-state index in [2.05, 4.69) is 25.8 Å². The molecule has 0 saturated heterocycles. The van der Waals surface area contributed by atoms with Gasteiger partial charge < -0.3 is 15.5 Å². The first kappa shape index (κ1) is 28.4. The van der Waals surface area contributed by atoms with Gasteiger partial charge in [-0.3, -0.25) is 14.7 Å². The minimum absolute atomic E-state index is 0. The van der Waals surface area contributed by atoms with E-state index in [0.29, 0.717) is 23.1 Å². The number of rotatable bonds is 6. The number of aromatic nitrogens is 3. The zero-order valence-corrected chi connectivity index (χ0v) is 20.2. The molecule has 1 aromatic carbocycles. The number of pyridine rings is 1. The van der Waals surface area contributed by atoms with Gasteiger partial charge >= 0.3 is 0 Å². The highest BCUT2D eigenvalue weighted by molar-refractivity contribution is 6.34. The lowest BCUT2D eigenvalue weighted by molar-refractivity contribution is 0.0945. The van der Waals surface area contributed by atoms with E-state index in [0.717, 1.165) is 5.56 Å². The van der Waals surface area contributed by atoms with Gasteiger partial charge in [0.2, 0.25) is 0 Å². The number of halogens is 6. The van der Waals surface area contributed by atoms with Gasteiger partial charge in [-0.2, -0.15) is 5.10 Å². The summed E-state index contributed by atoms with van der Waals surface area (Å²) in [6.07, 6.45) is 0. The summed E-state index contributed by atoms with van der Waals surface area (Å²) in [5.74, 6) is -3.09. The molecule has 0 radical (unpaired) electrons. The molecule has 0 aliphatic heterocycles. The summed E-state index contributed by atoms with van der Waals surface area (Å²) >= 11 is 11.7. The summed E-state index contributed by atoms with van der Waals surface area (Å²) in [5, 5.41) is 11.4. The fraction of sp³-hybridized carbons (Fsp3) is 0.158. The third-order valence-electron chi connectivity index (χ3n) is 4.10. The van der Waals surface area contributed by atoms with Crippen LogP contribution in [0, 0.1) is 11.6 Å². The van der Waals surface area contributed by atoms with E-state index >= 15 is 0 Å². The Balaban J connectivity index is 0.00000272. The van der Waals surface area contributed by atoms with Gasteiger partial charge in [0.15, 0.2) is 17.5 Å². The number of nitrogens with zero attached hydrogens (tertiary/aromatic N) is 3. The molecule has 0 unspecified atom stereocenters. The Bertz CT molecular complexity index is 1160. The second-order valence-electron chi connectivity index (χ2n) is 6.56. The third-order valence-corrected chi connectivity index (χ3v) is 4.63. The quantitative estimate of drug-likeness (QED) is 0.315. The molecule has 0 spiro atoms. The van der Waals surface area contributed by atoms with Crippen LogP contribution in [0.25, 0.3) is 0 Å². The number of aromatic amines is 1. The number of hydrogen-bond donors (Lipinski definition) is 3. The molecule has 2 heterocycles. The first-order chi connectivity index (χ1) is 14.7. The normalized spacial score (nSPS) is 10.0. The Morgan fingerprint density at radius 3 is 2.39 bits per heavy atom. The van der Waals surface area contributed by atoms with Gasteiger partial charge in [-0.1, -0.05) is 29.3 Å². The monoisotopic (exact) mass is 540 g/mol. The minimum Gasteiger partial charge on any atom is -0.362 e. The molecule has 3 N–H and O–H groups in total. The van der Waals surface area contributed by atoms with Crippen LogP contribution in [0.5, 0.6) is 0 Å². The molecule has 178 valence electrons. The molecule has 0 saturated carbocycles. The lowest BCUT2D eigenvalue weighted by Gasteiger charge is -2.16. The van der Waals surface area contributed by atoms with Gasteiger partial charge in [0.05, 0.1) is 10.6 Å². The predicted molar refractivity (Wildman–Crippen MR) is 127 cm³/mol. The largest absolute Gasteiger partial charge is 0.362 e. The Morgan fingerprint density at radius 2 is 1.73 bits per heavy atom. The van der Waals surface area contributed by atoms with Crippen molar-refractivity contribution in [3.63, 3.8) is 0 Å². The van der Waals surface area contributed by atoms with Crippen LogP contribution in [0.4, 0.5) is 20.4 Å². The SMILES string of the molecule is CN(C)c1nc(Cl)ccc1CNC(=O)c1cc(NC(=O)c2cc(F)c(F)cc2Cl)n[nH]1.Cl.Cl. The lowest BCUT2D eigenvalue weighted by Crippen LogP contribution is -2.25. The lowest BCUT2D eigenvalue weighted by atomic mass is 10.2. The molecule has 0 aliphatic rings. The number of amides is 2. The van der Waals surface area contributed by atoms with Gasteiger partial charge in [-0.15, -0.1) is 24.8 Å². The predicted octanol–water partition coefficient (Wildman–Crippen LogP) is 4.48. The van der Waals surface area contributed by atoms with E-state index in [1.165, 1.54) is 6.07 Å². The zero-order chi connectivity index (χ0) is 22.7. The van der Waals surface area contributed by atoms with Gasteiger partial charge in [0, 0.05) is 32.3 Å². The van der Waals surface area contributed by atoms with E-state index in [-0.39, 0.29) is 53.5 Å². The Labute approximate surface area is 209 Å². The first-order valence-electron chi connectivity index (χ1n) is 8.78. The molecule has 14 heteroatoms. The van der Waals surface area contributed by atoms with Crippen molar-refractivity contribution >= 4 is 71.5 Å². The van der Waals surface area contributed by atoms with Gasteiger partial charge in [0.25, 0.3) is 11.8 Å². The van der Waals surface area contributed by atoms with E-state index in [1.54, 1.807) is 31.1 Å². The minimum atomic E-state index is -1.22. The summed E-state index contributed by atoms with van der Waals surface area (Å²) in [6, 6.07) is 6.02. The highest BCUT2D eigenvalue weighted by Gasteiger charge is 2.18. The highest BCUT2D eigenvalue weighted by atomic mass is 35.5. The average Bonchev–Trinajstić information content (AvgIpc) is 3.17. The Morgan fingerprint density at radius 1 is 1.06 bits per heavy atom. The average molecular weight is 542 g/mol. The van der Waals surface area contributed by atoms with Crippen molar-refractivity contribution in [2.75, 3.05) is 24.3 Å². The maximum absolute atomic E-state index is 13.4.